The number of rotatable bonds is 4. The fraction of sp³-hybridized carbons (Fsp3) is 0.385. The van der Waals surface area contributed by atoms with Crippen LogP contribution in [-0.4, -0.2) is 29.6 Å². The summed E-state index contributed by atoms with van der Waals surface area (Å²) in [5, 5.41) is 9.07. The first kappa shape index (κ1) is 11.1. The molecule has 1 aliphatic heterocycles. The van der Waals surface area contributed by atoms with Crippen molar-refractivity contribution in [1.82, 2.24) is 0 Å². The number of carbonyl (C=O) groups excluding carboxylic acids is 1. The molecular formula is C13H12O5. The number of carboxylic acid groups (broad SMARTS) is 1. The second kappa shape index (κ2) is 4.01. The molecule has 0 spiro atoms. The Hall–Kier alpha value is -2.04. The maximum atomic E-state index is 11.4. The van der Waals surface area contributed by atoms with E-state index in [0.29, 0.717) is 17.1 Å². The molecule has 94 valence electrons. The molecule has 1 atom stereocenters. The van der Waals surface area contributed by atoms with Gasteiger partial charge in [-0.3, -0.25) is 4.79 Å². The lowest BCUT2D eigenvalue weighted by atomic mass is 10.1. The lowest BCUT2D eigenvalue weighted by Crippen LogP contribution is -2.29. The van der Waals surface area contributed by atoms with E-state index in [2.05, 4.69) is 0 Å². The van der Waals surface area contributed by atoms with Crippen molar-refractivity contribution in [2.24, 2.45) is 5.92 Å². The van der Waals surface area contributed by atoms with Crippen LogP contribution in [0.3, 0.4) is 0 Å². The van der Waals surface area contributed by atoms with Crippen molar-refractivity contribution in [3.8, 4) is 11.5 Å². The molecule has 1 aliphatic carbocycles. The normalized spacial score (nSPS) is 19.0. The van der Waals surface area contributed by atoms with Gasteiger partial charge in [-0.2, -0.15) is 0 Å². The maximum Gasteiger partial charge on any atom is 0.345 e. The molecule has 1 aromatic carbocycles. The number of hydrogen-bond donors (Lipinski definition) is 1. The molecule has 5 heteroatoms. The third kappa shape index (κ3) is 1.92. The molecule has 2 aliphatic rings. The van der Waals surface area contributed by atoms with E-state index in [9.17, 15) is 9.59 Å². The van der Waals surface area contributed by atoms with E-state index < -0.39 is 12.1 Å². The number of ketones is 1. The molecule has 0 bridgehead atoms. The van der Waals surface area contributed by atoms with Gasteiger partial charge in [0.05, 0.1) is 5.56 Å². The van der Waals surface area contributed by atoms with Crippen LogP contribution >= 0.6 is 0 Å². The second-order valence-electron chi connectivity index (χ2n) is 4.58. The average molecular weight is 248 g/mol. The molecule has 1 heterocycles. The summed E-state index contributed by atoms with van der Waals surface area (Å²) in [6.45, 7) is 0.0454. The summed E-state index contributed by atoms with van der Waals surface area (Å²) in [4.78, 5) is 22.4. The quantitative estimate of drug-likeness (QED) is 0.874. The topological polar surface area (TPSA) is 72.8 Å². The number of ether oxygens (including phenoxy) is 2. The first-order valence-electron chi connectivity index (χ1n) is 5.84. The standard InChI is InChI=1S/C13H12O5/c14-10-6-17-11-5-8(3-4-9(10)11)18-12(13(15)16)7-1-2-7/h3-5,7,12H,1-2,6H2,(H,15,16). The van der Waals surface area contributed by atoms with Crippen molar-refractivity contribution >= 4 is 11.8 Å². The SMILES string of the molecule is O=C1COc2cc(OC(C(=O)O)C3CC3)ccc21. The summed E-state index contributed by atoms with van der Waals surface area (Å²) in [6.07, 6.45) is 0.966. The number of carbonyl (C=O) groups is 2. The van der Waals surface area contributed by atoms with E-state index in [0.717, 1.165) is 12.8 Å². The van der Waals surface area contributed by atoms with Crippen LogP contribution in [-0.2, 0) is 4.79 Å². The zero-order valence-electron chi connectivity index (χ0n) is 9.59. The first-order chi connectivity index (χ1) is 8.65. The molecule has 0 aromatic heterocycles. The van der Waals surface area contributed by atoms with Gasteiger partial charge in [0.2, 0.25) is 5.78 Å². The molecule has 1 N–H and O–H groups in total. The van der Waals surface area contributed by atoms with Crippen LogP contribution < -0.4 is 9.47 Å². The molecule has 3 rings (SSSR count). The van der Waals surface area contributed by atoms with Crippen LogP contribution in [0.2, 0.25) is 0 Å². The lowest BCUT2D eigenvalue weighted by molar-refractivity contribution is -0.146. The third-order valence-corrected chi connectivity index (χ3v) is 3.17. The van der Waals surface area contributed by atoms with Crippen LogP contribution in [0.15, 0.2) is 18.2 Å². The number of Topliss-reactive ketones (excluding diaryl/α,β-unsaturated/α-hetero) is 1. The fourth-order valence-corrected chi connectivity index (χ4v) is 2.04. The van der Waals surface area contributed by atoms with Crippen LogP contribution in [0.25, 0.3) is 0 Å². The van der Waals surface area contributed by atoms with Gasteiger partial charge in [0.25, 0.3) is 0 Å². The Morgan fingerprint density at radius 2 is 2.22 bits per heavy atom. The second-order valence-corrected chi connectivity index (χ2v) is 4.58. The third-order valence-electron chi connectivity index (χ3n) is 3.17. The van der Waals surface area contributed by atoms with Gasteiger partial charge in [0.15, 0.2) is 12.7 Å². The van der Waals surface area contributed by atoms with Crippen LogP contribution in [0, 0.1) is 5.92 Å². The van der Waals surface area contributed by atoms with Gasteiger partial charge in [0.1, 0.15) is 11.5 Å². The van der Waals surface area contributed by atoms with Crippen LogP contribution in [0.5, 0.6) is 11.5 Å². The Kier molecular flexibility index (Phi) is 2.47. The molecule has 18 heavy (non-hydrogen) atoms. The monoisotopic (exact) mass is 248 g/mol. The Labute approximate surface area is 103 Å². The summed E-state index contributed by atoms with van der Waals surface area (Å²) in [6, 6.07) is 4.81. The van der Waals surface area contributed by atoms with Gasteiger partial charge < -0.3 is 14.6 Å². The van der Waals surface area contributed by atoms with Gasteiger partial charge in [-0.15, -0.1) is 0 Å². The largest absolute Gasteiger partial charge is 0.485 e. The number of aliphatic carboxylic acids is 1. The van der Waals surface area contributed by atoms with Gasteiger partial charge in [-0.1, -0.05) is 0 Å². The molecular weight excluding hydrogens is 236 g/mol. The highest BCUT2D eigenvalue weighted by atomic mass is 16.5. The maximum absolute atomic E-state index is 11.4. The van der Waals surface area contributed by atoms with Crippen molar-refractivity contribution < 1.29 is 24.2 Å². The Morgan fingerprint density at radius 1 is 1.44 bits per heavy atom. The highest BCUT2D eigenvalue weighted by Crippen LogP contribution is 2.36. The zero-order valence-corrected chi connectivity index (χ0v) is 9.59. The molecule has 1 saturated carbocycles. The molecule has 1 aromatic rings. The average Bonchev–Trinajstić information content (AvgIpc) is 3.11. The Bertz CT molecular complexity index is 518. The van der Waals surface area contributed by atoms with Gasteiger partial charge >= 0.3 is 5.97 Å². The van der Waals surface area contributed by atoms with Crippen molar-refractivity contribution in [3.63, 3.8) is 0 Å². The van der Waals surface area contributed by atoms with Gasteiger partial charge in [0, 0.05) is 12.0 Å². The highest BCUT2D eigenvalue weighted by molar-refractivity contribution is 6.02. The van der Waals surface area contributed by atoms with Gasteiger partial charge in [-0.05, 0) is 25.0 Å². The van der Waals surface area contributed by atoms with Crippen molar-refractivity contribution in [1.29, 1.82) is 0 Å². The first-order valence-corrected chi connectivity index (χ1v) is 5.84. The smallest absolute Gasteiger partial charge is 0.345 e. The fourth-order valence-electron chi connectivity index (χ4n) is 2.04. The molecule has 0 saturated heterocycles. The summed E-state index contributed by atoms with van der Waals surface area (Å²) >= 11 is 0. The predicted molar refractivity (Wildman–Crippen MR) is 61.0 cm³/mol. The molecule has 1 fully saturated rings. The molecule has 0 amide bonds. The van der Waals surface area contributed by atoms with E-state index in [1.54, 1.807) is 18.2 Å². The van der Waals surface area contributed by atoms with Gasteiger partial charge in [-0.25, -0.2) is 4.79 Å². The van der Waals surface area contributed by atoms with E-state index in [1.165, 1.54) is 0 Å². The number of benzene rings is 1. The van der Waals surface area contributed by atoms with Crippen molar-refractivity contribution in [2.75, 3.05) is 6.61 Å². The van der Waals surface area contributed by atoms with E-state index in [1.807, 2.05) is 0 Å². The zero-order chi connectivity index (χ0) is 12.7. The molecule has 5 nitrogen and oxygen atoms in total. The Balaban J connectivity index is 1.81. The van der Waals surface area contributed by atoms with Crippen LogP contribution in [0.4, 0.5) is 0 Å². The lowest BCUT2D eigenvalue weighted by Gasteiger charge is -2.14. The van der Waals surface area contributed by atoms with E-state index >= 15 is 0 Å². The minimum Gasteiger partial charge on any atom is -0.485 e. The number of hydrogen-bond acceptors (Lipinski definition) is 4. The summed E-state index contributed by atoms with van der Waals surface area (Å²) in [5.74, 6) is -0.0120. The van der Waals surface area contributed by atoms with E-state index in [4.69, 9.17) is 14.6 Å². The highest BCUT2D eigenvalue weighted by Gasteiger charge is 2.38. The van der Waals surface area contributed by atoms with Crippen LogP contribution in [0.1, 0.15) is 23.2 Å². The summed E-state index contributed by atoms with van der Waals surface area (Å²) < 4.78 is 10.7. The predicted octanol–water partition coefficient (Wildman–Crippen LogP) is 1.50. The molecule has 1 unspecified atom stereocenters. The van der Waals surface area contributed by atoms with E-state index in [-0.39, 0.29) is 18.3 Å². The summed E-state index contributed by atoms with van der Waals surface area (Å²) in [7, 11) is 0. The Morgan fingerprint density at radius 3 is 2.89 bits per heavy atom. The summed E-state index contributed by atoms with van der Waals surface area (Å²) in [5.41, 5.74) is 0.528. The minimum atomic E-state index is -0.949. The number of carboxylic acids is 1. The molecule has 0 radical (unpaired) electrons. The number of fused-ring (bicyclic) bond motifs is 1. The van der Waals surface area contributed by atoms with Crippen molar-refractivity contribution in [2.45, 2.75) is 18.9 Å². The minimum absolute atomic E-state index is 0.0454. The van der Waals surface area contributed by atoms with Crippen molar-refractivity contribution in [3.05, 3.63) is 23.8 Å².